The summed E-state index contributed by atoms with van der Waals surface area (Å²) in [5.41, 5.74) is 0.00110. The molecule has 6 nitrogen and oxygen atoms in total. The molecule has 1 rings (SSSR count). The van der Waals surface area contributed by atoms with E-state index in [1.807, 2.05) is 6.92 Å². The maximum atomic E-state index is 12.5. The number of carboxylic acids is 1. The number of ether oxygens (including phenoxy) is 1. The van der Waals surface area contributed by atoms with E-state index >= 15 is 0 Å². The zero-order chi connectivity index (χ0) is 19.9. The average molecular weight is 370 g/mol. The van der Waals surface area contributed by atoms with E-state index in [0.29, 0.717) is 19.3 Å². The Balaban J connectivity index is 2.49. The number of rotatable bonds is 9. The van der Waals surface area contributed by atoms with E-state index in [0.717, 1.165) is 12.8 Å². The molecule has 1 fully saturated rings. The van der Waals surface area contributed by atoms with Crippen LogP contribution in [0, 0.1) is 23.2 Å². The Morgan fingerprint density at radius 1 is 1.15 bits per heavy atom. The van der Waals surface area contributed by atoms with E-state index in [1.165, 1.54) is 0 Å². The Morgan fingerprint density at radius 2 is 1.73 bits per heavy atom. The van der Waals surface area contributed by atoms with Gasteiger partial charge in [-0.05, 0) is 37.6 Å². The van der Waals surface area contributed by atoms with Gasteiger partial charge in [-0.2, -0.15) is 0 Å². The number of ketones is 1. The highest BCUT2D eigenvalue weighted by Gasteiger charge is 2.36. The Hall–Kier alpha value is -1.43. The van der Waals surface area contributed by atoms with Gasteiger partial charge < -0.3 is 15.2 Å². The number of hydrogen-bond acceptors (Lipinski definition) is 5. The largest absolute Gasteiger partial charge is 0.481 e. The first-order valence-electron chi connectivity index (χ1n) is 9.64. The molecule has 0 saturated heterocycles. The molecule has 0 spiro atoms. The van der Waals surface area contributed by atoms with Gasteiger partial charge in [-0.25, -0.2) is 0 Å². The van der Waals surface area contributed by atoms with Gasteiger partial charge in [-0.3, -0.25) is 14.4 Å². The zero-order valence-electron chi connectivity index (χ0n) is 16.8. The number of nitrogens with one attached hydrogen (secondary N) is 1. The van der Waals surface area contributed by atoms with Crippen molar-refractivity contribution in [2.45, 2.75) is 72.3 Å². The summed E-state index contributed by atoms with van der Waals surface area (Å²) in [5.74, 6) is -2.27. The summed E-state index contributed by atoms with van der Waals surface area (Å²) < 4.78 is 5.40. The lowest BCUT2D eigenvalue weighted by Crippen LogP contribution is -2.39. The van der Waals surface area contributed by atoms with Crippen LogP contribution in [-0.2, 0) is 19.1 Å². The first-order chi connectivity index (χ1) is 12.0. The van der Waals surface area contributed by atoms with Crippen LogP contribution in [0.25, 0.3) is 0 Å². The van der Waals surface area contributed by atoms with Gasteiger partial charge in [0.25, 0.3) is 0 Å². The number of carbonyl (C=O) groups is 3. The molecule has 0 amide bonds. The van der Waals surface area contributed by atoms with Crippen LogP contribution in [0.5, 0.6) is 0 Å². The van der Waals surface area contributed by atoms with E-state index in [9.17, 15) is 19.5 Å². The van der Waals surface area contributed by atoms with Crippen LogP contribution in [0.2, 0.25) is 0 Å². The summed E-state index contributed by atoms with van der Waals surface area (Å²) in [5, 5.41) is 12.3. The Bertz CT molecular complexity index is 497. The maximum absolute atomic E-state index is 12.5. The second kappa shape index (κ2) is 10.0. The van der Waals surface area contributed by atoms with Gasteiger partial charge in [0.1, 0.15) is 11.8 Å². The van der Waals surface area contributed by atoms with Crippen molar-refractivity contribution >= 4 is 17.7 Å². The van der Waals surface area contributed by atoms with Crippen LogP contribution < -0.4 is 5.32 Å². The van der Waals surface area contributed by atoms with Crippen molar-refractivity contribution in [1.29, 1.82) is 0 Å². The van der Waals surface area contributed by atoms with Crippen LogP contribution in [-0.4, -0.2) is 42.5 Å². The van der Waals surface area contributed by atoms with Crippen molar-refractivity contribution in [3.8, 4) is 0 Å². The van der Waals surface area contributed by atoms with E-state index in [-0.39, 0.29) is 42.2 Å². The Kier molecular flexibility index (Phi) is 8.74. The summed E-state index contributed by atoms with van der Waals surface area (Å²) in [4.78, 5) is 36.1. The number of Topliss-reactive ketones (excluding diaryl/α,β-unsaturated/α-hetero) is 1. The summed E-state index contributed by atoms with van der Waals surface area (Å²) in [6, 6.07) is -0.368. The Morgan fingerprint density at radius 3 is 2.23 bits per heavy atom. The third kappa shape index (κ3) is 7.44. The third-order valence-corrected chi connectivity index (χ3v) is 5.01. The quantitative estimate of drug-likeness (QED) is 0.607. The van der Waals surface area contributed by atoms with Gasteiger partial charge >= 0.3 is 11.9 Å². The van der Waals surface area contributed by atoms with Crippen molar-refractivity contribution in [3.63, 3.8) is 0 Å². The summed E-state index contributed by atoms with van der Waals surface area (Å²) >= 11 is 0. The fraction of sp³-hybridized carbons (Fsp3) is 0.850. The molecule has 4 unspecified atom stereocenters. The number of esters is 1. The van der Waals surface area contributed by atoms with Gasteiger partial charge in [0, 0.05) is 12.3 Å². The lowest BCUT2D eigenvalue weighted by Gasteiger charge is -2.28. The minimum atomic E-state index is -0.874. The second-order valence-electron chi connectivity index (χ2n) is 8.85. The molecule has 1 aliphatic carbocycles. The number of likely N-dealkylation sites (N-methyl/N-ethyl adjacent to an activating group) is 1. The van der Waals surface area contributed by atoms with Crippen molar-refractivity contribution in [2.24, 2.45) is 23.2 Å². The number of hydrogen-bond donors (Lipinski definition) is 2. The molecule has 0 aromatic carbocycles. The first-order valence-corrected chi connectivity index (χ1v) is 9.64. The smallest absolute Gasteiger partial charge is 0.323 e. The third-order valence-electron chi connectivity index (χ3n) is 5.01. The molecular formula is C20H35NO5. The van der Waals surface area contributed by atoms with E-state index in [2.05, 4.69) is 26.1 Å². The van der Waals surface area contributed by atoms with Gasteiger partial charge in [-0.15, -0.1) is 0 Å². The summed E-state index contributed by atoms with van der Waals surface area (Å²) in [6.45, 7) is 8.23. The molecular weight excluding hydrogens is 334 g/mol. The van der Waals surface area contributed by atoms with E-state index in [1.54, 1.807) is 7.05 Å². The highest BCUT2D eigenvalue weighted by molar-refractivity contribution is 5.86. The second-order valence-corrected chi connectivity index (χ2v) is 8.85. The summed E-state index contributed by atoms with van der Waals surface area (Å²) in [6.07, 6.45) is 3.91. The van der Waals surface area contributed by atoms with Crippen molar-refractivity contribution in [2.75, 3.05) is 13.7 Å². The predicted molar refractivity (Wildman–Crippen MR) is 99.8 cm³/mol. The molecule has 0 heterocycles. The molecule has 0 aromatic rings. The van der Waals surface area contributed by atoms with Crippen molar-refractivity contribution in [1.82, 2.24) is 5.32 Å². The molecule has 0 bridgehead atoms. The van der Waals surface area contributed by atoms with Crippen LogP contribution in [0.3, 0.4) is 0 Å². The molecule has 6 heteroatoms. The standard InChI is InChI=1S/C20H35NO5/c1-13(12-26-19(25)16(21-5)11-20(2,3)4)10-17(22)14-8-6-7-9-15(14)18(23)24/h13-16,21H,6-12H2,1-5H3,(H,23,24). The van der Waals surface area contributed by atoms with E-state index < -0.39 is 17.8 Å². The van der Waals surface area contributed by atoms with Gasteiger partial charge in [-0.1, -0.05) is 40.5 Å². The molecule has 1 saturated carbocycles. The minimum absolute atomic E-state index is 0.00110. The van der Waals surface area contributed by atoms with Crippen LogP contribution in [0.4, 0.5) is 0 Å². The molecule has 0 aliphatic heterocycles. The lowest BCUT2D eigenvalue weighted by molar-refractivity contribution is -0.149. The number of carbonyl (C=O) groups excluding carboxylic acids is 2. The van der Waals surface area contributed by atoms with Crippen molar-refractivity contribution in [3.05, 3.63) is 0 Å². The molecule has 1 aliphatic rings. The van der Waals surface area contributed by atoms with Crippen LogP contribution in [0.15, 0.2) is 0 Å². The zero-order valence-corrected chi connectivity index (χ0v) is 16.8. The van der Waals surface area contributed by atoms with Gasteiger partial charge in [0.05, 0.1) is 12.5 Å². The molecule has 2 N–H and O–H groups in total. The normalized spacial score (nSPS) is 23.1. The van der Waals surface area contributed by atoms with Gasteiger partial charge in [0.2, 0.25) is 0 Å². The molecule has 0 aromatic heterocycles. The maximum Gasteiger partial charge on any atom is 0.323 e. The minimum Gasteiger partial charge on any atom is -0.481 e. The molecule has 150 valence electrons. The number of aliphatic carboxylic acids is 1. The van der Waals surface area contributed by atoms with Crippen LogP contribution >= 0.6 is 0 Å². The van der Waals surface area contributed by atoms with Crippen LogP contribution in [0.1, 0.15) is 66.2 Å². The van der Waals surface area contributed by atoms with Gasteiger partial charge in [0.15, 0.2) is 0 Å². The predicted octanol–water partition coefficient (Wildman–Crippen LogP) is 3.04. The molecule has 4 atom stereocenters. The average Bonchev–Trinajstić information content (AvgIpc) is 2.56. The molecule has 0 radical (unpaired) electrons. The lowest BCUT2D eigenvalue weighted by atomic mass is 9.75. The summed E-state index contributed by atoms with van der Waals surface area (Å²) in [7, 11) is 1.74. The SMILES string of the molecule is CNC(CC(C)(C)C)C(=O)OCC(C)CC(=O)C1CCCCC1C(=O)O. The van der Waals surface area contributed by atoms with E-state index in [4.69, 9.17) is 4.74 Å². The monoisotopic (exact) mass is 369 g/mol. The highest BCUT2D eigenvalue weighted by atomic mass is 16.5. The fourth-order valence-corrected chi connectivity index (χ4v) is 3.61. The van der Waals surface area contributed by atoms with Crippen molar-refractivity contribution < 1.29 is 24.2 Å². The Labute approximate surface area is 157 Å². The first kappa shape index (κ1) is 22.6. The topological polar surface area (TPSA) is 92.7 Å². The fourth-order valence-electron chi connectivity index (χ4n) is 3.61. The highest BCUT2D eigenvalue weighted by Crippen LogP contribution is 2.32. The number of carboxylic acid groups (broad SMARTS) is 1. The molecule has 26 heavy (non-hydrogen) atoms.